The van der Waals surface area contributed by atoms with E-state index in [1.165, 1.54) is 26.1 Å². The minimum Gasteiger partial charge on any atom is -0.303 e. The maximum Gasteiger partial charge on any atom is 0.000714 e. The van der Waals surface area contributed by atoms with Crippen LogP contribution in [0.15, 0.2) is 0 Å². The highest BCUT2D eigenvalue weighted by Crippen LogP contribution is 2.09. The van der Waals surface area contributed by atoms with E-state index < -0.39 is 0 Å². The standard InChI is InChI=1S/C13H29N/c1-7-13(6)10-14(8-11(2)3)9-12(4)5/h11-13H,7-10H2,1-6H3/t13-/m1/s1. The van der Waals surface area contributed by atoms with E-state index >= 15 is 0 Å². The third kappa shape index (κ3) is 7.37. The first kappa shape index (κ1) is 14.0. The van der Waals surface area contributed by atoms with E-state index in [0.29, 0.717) is 0 Å². The molecule has 0 aromatic heterocycles. The fourth-order valence-electron chi connectivity index (χ4n) is 1.83. The third-order valence-corrected chi connectivity index (χ3v) is 2.51. The van der Waals surface area contributed by atoms with Crippen LogP contribution in [-0.4, -0.2) is 24.5 Å². The van der Waals surface area contributed by atoms with Gasteiger partial charge in [0.15, 0.2) is 0 Å². The fraction of sp³-hybridized carbons (Fsp3) is 1.00. The average molecular weight is 199 g/mol. The molecule has 0 fully saturated rings. The van der Waals surface area contributed by atoms with Crippen molar-refractivity contribution in [3.8, 4) is 0 Å². The lowest BCUT2D eigenvalue weighted by atomic mass is 10.1. The maximum atomic E-state index is 2.63. The van der Waals surface area contributed by atoms with Crippen molar-refractivity contribution in [3.63, 3.8) is 0 Å². The molecule has 0 saturated heterocycles. The van der Waals surface area contributed by atoms with Crippen LogP contribution in [0.2, 0.25) is 0 Å². The molecule has 0 aromatic rings. The van der Waals surface area contributed by atoms with Gasteiger partial charge in [-0.05, 0) is 17.8 Å². The first-order valence-electron chi connectivity index (χ1n) is 6.18. The van der Waals surface area contributed by atoms with Crippen LogP contribution in [-0.2, 0) is 0 Å². The minimum atomic E-state index is 0.790. The Morgan fingerprint density at radius 1 is 0.786 bits per heavy atom. The Hall–Kier alpha value is -0.0400. The van der Waals surface area contributed by atoms with Gasteiger partial charge in [0.1, 0.15) is 0 Å². The van der Waals surface area contributed by atoms with Gasteiger partial charge < -0.3 is 4.90 Å². The van der Waals surface area contributed by atoms with E-state index in [0.717, 1.165) is 17.8 Å². The largest absolute Gasteiger partial charge is 0.303 e. The van der Waals surface area contributed by atoms with Crippen LogP contribution in [0.1, 0.15) is 48.0 Å². The zero-order valence-electron chi connectivity index (χ0n) is 11.0. The zero-order chi connectivity index (χ0) is 11.1. The number of nitrogens with zero attached hydrogens (tertiary/aromatic N) is 1. The molecular weight excluding hydrogens is 170 g/mol. The van der Waals surface area contributed by atoms with E-state index in [9.17, 15) is 0 Å². The molecule has 0 aliphatic rings. The van der Waals surface area contributed by atoms with E-state index in [-0.39, 0.29) is 0 Å². The van der Waals surface area contributed by atoms with E-state index in [4.69, 9.17) is 0 Å². The third-order valence-electron chi connectivity index (χ3n) is 2.51. The summed E-state index contributed by atoms with van der Waals surface area (Å²) in [4.78, 5) is 2.63. The molecule has 0 saturated carbocycles. The van der Waals surface area contributed by atoms with Crippen molar-refractivity contribution in [2.24, 2.45) is 17.8 Å². The van der Waals surface area contributed by atoms with Gasteiger partial charge in [-0.25, -0.2) is 0 Å². The quantitative estimate of drug-likeness (QED) is 0.605. The van der Waals surface area contributed by atoms with Crippen LogP contribution in [0.5, 0.6) is 0 Å². The maximum absolute atomic E-state index is 2.63. The lowest BCUT2D eigenvalue weighted by Crippen LogP contribution is -2.34. The van der Waals surface area contributed by atoms with Crippen molar-refractivity contribution < 1.29 is 0 Å². The Labute approximate surface area is 90.9 Å². The van der Waals surface area contributed by atoms with Gasteiger partial charge in [0.2, 0.25) is 0 Å². The Morgan fingerprint density at radius 3 is 1.50 bits per heavy atom. The fourth-order valence-corrected chi connectivity index (χ4v) is 1.83. The molecule has 0 aliphatic heterocycles. The summed E-state index contributed by atoms with van der Waals surface area (Å²) in [6.45, 7) is 17.7. The van der Waals surface area contributed by atoms with Crippen molar-refractivity contribution >= 4 is 0 Å². The molecule has 0 N–H and O–H groups in total. The van der Waals surface area contributed by atoms with Gasteiger partial charge in [-0.15, -0.1) is 0 Å². The van der Waals surface area contributed by atoms with Gasteiger partial charge in [-0.2, -0.15) is 0 Å². The van der Waals surface area contributed by atoms with Crippen molar-refractivity contribution in [1.29, 1.82) is 0 Å². The lowest BCUT2D eigenvalue weighted by Gasteiger charge is -2.28. The summed E-state index contributed by atoms with van der Waals surface area (Å²) < 4.78 is 0. The smallest absolute Gasteiger partial charge is 0.000714 e. The summed E-state index contributed by atoms with van der Waals surface area (Å²) in [6.07, 6.45) is 1.30. The Balaban J connectivity index is 3.96. The van der Waals surface area contributed by atoms with E-state index in [1.807, 2.05) is 0 Å². The molecule has 1 heteroatoms. The van der Waals surface area contributed by atoms with Gasteiger partial charge in [0.25, 0.3) is 0 Å². The van der Waals surface area contributed by atoms with Crippen LogP contribution in [0.3, 0.4) is 0 Å². The van der Waals surface area contributed by atoms with E-state index in [1.54, 1.807) is 0 Å². The summed E-state index contributed by atoms with van der Waals surface area (Å²) in [5, 5.41) is 0. The molecule has 0 heterocycles. The molecule has 0 amide bonds. The Bertz CT molecular complexity index is 119. The molecule has 0 radical (unpaired) electrons. The molecule has 86 valence electrons. The molecule has 0 rings (SSSR count). The van der Waals surface area contributed by atoms with Gasteiger partial charge in [-0.3, -0.25) is 0 Å². The summed E-state index contributed by atoms with van der Waals surface area (Å²) in [5.41, 5.74) is 0. The van der Waals surface area contributed by atoms with Crippen LogP contribution >= 0.6 is 0 Å². The Kier molecular flexibility index (Phi) is 7.26. The number of hydrogen-bond donors (Lipinski definition) is 0. The molecule has 0 spiro atoms. The van der Waals surface area contributed by atoms with Crippen LogP contribution in [0, 0.1) is 17.8 Å². The monoisotopic (exact) mass is 199 g/mol. The molecule has 1 nitrogen and oxygen atoms in total. The minimum absolute atomic E-state index is 0.790. The lowest BCUT2D eigenvalue weighted by molar-refractivity contribution is 0.191. The molecular formula is C13H29N. The molecule has 0 aliphatic carbocycles. The predicted molar refractivity (Wildman–Crippen MR) is 65.6 cm³/mol. The second-order valence-corrected chi connectivity index (χ2v) is 5.52. The SMILES string of the molecule is CC[C@@H](C)CN(CC(C)C)CC(C)C. The normalized spacial score (nSPS) is 14.4. The predicted octanol–water partition coefficient (Wildman–Crippen LogP) is 3.65. The van der Waals surface area contributed by atoms with Crippen molar-refractivity contribution in [3.05, 3.63) is 0 Å². The molecule has 0 bridgehead atoms. The van der Waals surface area contributed by atoms with Crippen LogP contribution in [0.25, 0.3) is 0 Å². The second-order valence-electron chi connectivity index (χ2n) is 5.52. The Morgan fingerprint density at radius 2 is 1.21 bits per heavy atom. The highest BCUT2D eigenvalue weighted by Gasteiger charge is 2.11. The summed E-state index contributed by atoms with van der Waals surface area (Å²) >= 11 is 0. The van der Waals surface area contributed by atoms with Gasteiger partial charge in [0, 0.05) is 19.6 Å². The highest BCUT2D eigenvalue weighted by molar-refractivity contribution is 4.65. The molecule has 1 atom stereocenters. The average Bonchev–Trinajstić information content (AvgIpc) is 2.01. The second kappa shape index (κ2) is 7.28. The molecule has 14 heavy (non-hydrogen) atoms. The van der Waals surface area contributed by atoms with Crippen molar-refractivity contribution in [2.75, 3.05) is 19.6 Å². The summed E-state index contributed by atoms with van der Waals surface area (Å²) in [5.74, 6) is 2.42. The van der Waals surface area contributed by atoms with Crippen molar-refractivity contribution in [2.45, 2.75) is 48.0 Å². The molecule has 0 aromatic carbocycles. The van der Waals surface area contributed by atoms with Gasteiger partial charge in [0.05, 0.1) is 0 Å². The van der Waals surface area contributed by atoms with Gasteiger partial charge >= 0.3 is 0 Å². The topological polar surface area (TPSA) is 3.24 Å². The van der Waals surface area contributed by atoms with Gasteiger partial charge in [-0.1, -0.05) is 48.0 Å². The number of hydrogen-bond acceptors (Lipinski definition) is 1. The molecule has 0 unspecified atom stereocenters. The van der Waals surface area contributed by atoms with Crippen LogP contribution < -0.4 is 0 Å². The van der Waals surface area contributed by atoms with E-state index in [2.05, 4.69) is 46.4 Å². The number of rotatable bonds is 7. The summed E-state index contributed by atoms with van der Waals surface area (Å²) in [6, 6.07) is 0. The summed E-state index contributed by atoms with van der Waals surface area (Å²) in [7, 11) is 0. The first-order chi connectivity index (χ1) is 6.45. The van der Waals surface area contributed by atoms with Crippen molar-refractivity contribution in [1.82, 2.24) is 4.90 Å². The zero-order valence-corrected chi connectivity index (χ0v) is 11.0. The first-order valence-corrected chi connectivity index (χ1v) is 6.18. The van der Waals surface area contributed by atoms with Crippen LogP contribution in [0.4, 0.5) is 0 Å². The highest BCUT2D eigenvalue weighted by atomic mass is 15.1.